The second kappa shape index (κ2) is 6.63. The molecule has 3 nitrogen and oxygen atoms in total. The number of allylic oxidation sites excluding steroid dienone is 1. The molecular weight excluding hydrogens is 319 g/mol. The Kier molecular flexibility index (Phi) is 4.96. The van der Waals surface area contributed by atoms with Crippen molar-refractivity contribution >= 4 is 22.9 Å². The van der Waals surface area contributed by atoms with E-state index < -0.39 is 17.7 Å². The summed E-state index contributed by atoms with van der Waals surface area (Å²) in [5.41, 5.74) is 1.46. The van der Waals surface area contributed by atoms with E-state index in [-0.39, 0.29) is 17.7 Å². The van der Waals surface area contributed by atoms with Crippen molar-refractivity contribution in [1.29, 1.82) is 0 Å². The maximum atomic E-state index is 12.9. The molecule has 2 aromatic rings. The summed E-state index contributed by atoms with van der Waals surface area (Å²) in [5.74, 6) is -0.531. The fourth-order valence-electron chi connectivity index (χ4n) is 2.47. The third kappa shape index (κ3) is 3.58. The van der Waals surface area contributed by atoms with Crippen LogP contribution in [0.1, 0.15) is 48.0 Å². The van der Waals surface area contributed by atoms with Gasteiger partial charge in [0.1, 0.15) is 0 Å². The molecule has 0 unspecified atom stereocenters. The number of pyridine rings is 1. The zero-order valence-electron chi connectivity index (χ0n) is 13.9. The molecule has 2 rings (SSSR count). The van der Waals surface area contributed by atoms with Crippen LogP contribution in [-0.4, -0.2) is 17.6 Å². The minimum atomic E-state index is -4.44. The van der Waals surface area contributed by atoms with Crippen LogP contribution in [0.25, 0.3) is 17.0 Å². The second-order valence-electron chi connectivity index (χ2n) is 5.67. The van der Waals surface area contributed by atoms with E-state index in [0.717, 1.165) is 17.7 Å². The minimum absolute atomic E-state index is 0.197. The van der Waals surface area contributed by atoms with Crippen molar-refractivity contribution in [2.45, 2.75) is 33.9 Å². The molecule has 0 atom stereocenters. The smallest absolute Gasteiger partial charge is 0.416 e. The van der Waals surface area contributed by atoms with E-state index in [9.17, 15) is 18.0 Å². The molecule has 0 bridgehead atoms. The van der Waals surface area contributed by atoms with Gasteiger partial charge in [-0.15, -0.1) is 0 Å². The molecule has 6 heteroatoms. The Morgan fingerprint density at radius 3 is 2.50 bits per heavy atom. The maximum Gasteiger partial charge on any atom is 0.416 e. The topological polar surface area (TPSA) is 39.2 Å². The molecule has 0 spiro atoms. The molecule has 24 heavy (non-hydrogen) atoms. The minimum Gasteiger partial charge on any atom is -0.462 e. The number of hydrogen-bond acceptors (Lipinski definition) is 3. The van der Waals surface area contributed by atoms with E-state index >= 15 is 0 Å². The zero-order valence-corrected chi connectivity index (χ0v) is 13.9. The van der Waals surface area contributed by atoms with E-state index in [2.05, 4.69) is 4.98 Å². The predicted octanol–water partition coefficient (Wildman–Crippen LogP) is 5.16. The SMILES string of the molecule is CCOC(=O)c1c(C=C(C)C)nc2cc(C(F)(F)F)ccc2c1C. The lowest BCUT2D eigenvalue weighted by Crippen LogP contribution is -2.11. The van der Waals surface area contributed by atoms with Crippen LogP contribution in [0, 0.1) is 6.92 Å². The van der Waals surface area contributed by atoms with Gasteiger partial charge in [-0.05, 0) is 51.5 Å². The normalized spacial score (nSPS) is 11.5. The van der Waals surface area contributed by atoms with Gasteiger partial charge in [0.15, 0.2) is 0 Å². The van der Waals surface area contributed by atoms with Gasteiger partial charge in [0, 0.05) is 5.39 Å². The van der Waals surface area contributed by atoms with Gasteiger partial charge in [-0.3, -0.25) is 0 Å². The molecular formula is C18H18F3NO2. The van der Waals surface area contributed by atoms with Gasteiger partial charge in [-0.25, -0.2) is 9.78 Å². The number of hydrogen-bond donors (Lipinski definition) is 0. The lowest BCUT2D eigenvalue weighted by Gasteiger charge is -2.14. The second-order valence-corrected chi connectivity index (χ2v) is 5.67. The quantitative estimate of drug-likeness (QED) is 0.726. The standard InChI is InChI=1S/C18H18F3NO2/c1-5-24-17(23)16-11(4)13-7-6-12(18(19,20)21)9-14(13)22-15(16)8-10(2)3/h6-9H,5H2,1-4H3. The van der Waals surface area contributed by atoms with Gasteiger partial charge >= 0.3 is 12.1 Å². The number of aromatic nitrogens is 1. The highest BCUT2D eigenvalue weighted by Gasteiger charge is 2.31. The van der Waals surface area contributed by atoms with Crippen molar-refractivity contribution in [3.63, 3.8) is 0 Å². The molecule has 0 amide bonds. The zero-order chi connectivity index (χ0) is 18.1. The van der Waals surface area contributed by atoms with Gasteiger partial charge < -0.3 is 4.74 Å². The predicted molar refractivity (Wildman–Crippen MR) is 86.8 cm³/mol. The van der Waals surface area contributed by atoms with Gasteiger partial charge in [0.2, 0.25) is 0 Å². The van der Waals surface area contributed by atoms with E-state index in [1.54, 1.807) is 19.9 Å². The molecule has 0 fully saturated rings. The van der Waals surface area contributed by atoms with Crippen molar-refractivity contribution in [2.24, 2.45) is 0 Å². The lowest BCUT2D eigenvalue weighted by atomic mass is 9.99. The molecule has 0 N–H and O–H groups in total. The van der Waals surface area contributed by atoms with Gasteiger partial charge in [0.05, 0.1) is 28.9 Å². The van der Waals surface area contributed by atoms with Crippen LogP contribution < -0.4 is 0 Å². The largest absolute Gasteiger partial charge is 0.462 e. The fourth-order valence-corrected chi connectivity index (χ4v) is 2.47. The number of aryl methyl sites for hydroxylation is 1. The summed E-state index contributed by atoms with van der Waals surface area (Å²) in [5, 5.41) is 0.497. The van der Waals surface area contributed by atoms with Crippen LogP contribution in [0.4, 0.5) is 13.2 Å². The third-order valence-electron chi connectivity index (χ3n) is 3.51. The summed E-state index contributed by atoms with van der Waals surface area (Å²) in [6.45, 7) is 7.23. The van der Waals surface area contributed by atoms with Gasteiger partial charge in [0.25, 0.3) is 0 Å². The van der Waals surface area contributed by atoms with Crippen molar-refractivity contribution in [3.8, 4) is 0 Å². The fraction of sp³-hybridized carbons (Fsp3) is 0.333. The summed E-state index contributed by atoms with van der Waals surface area (Å²) in [6.07, 6.45) is -2.78. The highest BCUT2D eigenvalue weighted by molar-refractivity contribution is 6.00. The Hall–Kier alpha value is -2.37. The summed E-state index contributed by atoms with van der Waals surface area (Å²) in [4.78, 5) is 16.5. The number of ether oxygens (including phenoxy) is 1. The van der Waals surface area contributed by atoms with E-state index in [4.69, 9.17) is 4.74 Å². The monoisotopic (exact) mass is 337 g/mol. The summed E-state index contributed by atoms with van der Waals surface area (Å²) < 4.78 is 43.8. The molecule has 0 saturated heterocycles. The Morgan fingerprint density at radius 1 is 1.29 bits per heavy atom. The van der Waals surface area contributed by atoms with E-state index in [1.165, 1.54) is 6.07 Å². The number of carbonyl (C=O) groups excluding carboxylic acids is 1. The molecule has 1 aromatic heterocycles. The maximum absolute atomic E-state index is 12.9. The summed E-state index contributed by atoms with van der Waals surface area (Å²) >= 11 is 0. The summed E-state index contributed by atoms with van der Waals surface area (Å²) in [7, 11) is 0. The first-order chi connectivity index (χ1) is 11.1. The van der Waals surface area contributed by atoms with Crippen LogP contribution in [-0.2, 0) is 10.9 Å². The number of carbonyl (C=O) groups is 1. The number of alkyl halides is 3. The molecule has 128 valence electrons. The van der Waals surface area contributed by atoms with Gasteiger partial charge in [-0.1, -0.05) is 11.6 Å². The molecule has 0 aliphatic carbocycles. The molecule has 0 radical (unpaired) electrons. The first kappa shape index (κ1) is 18.0. The Bertz CT molecular complexity index is 819. The Labute approximate surface area is 138 Å². The van der Waals surface area contributed by atoms with Crippen molar-refractivity contribution in [1.82, 2.24) is 4.98 Å². The van der Waals surface area contributed by atoms with Crippen molar-refractivity contribution < 1.29 is 22.7 Å². The number of halogens is 3. The van der Waals surface area contributed by atoms with Crippen molar-refractivity contribution in [3.05, 3.63) is 46.2 Å². The van der Waals surface area contributed by atoms with Crippen LogP contribution in [0.5, 0.6) is 0 Å². The average molecular weight is 337 g/mol. The Morgan fingerprint density at radius 2 is 1.96 bits per heavy atom. The number of fused-ring (bicyclic) bond motifs is 1. The number of esters is 1. The van der Waals surface area contributed by atoms with Crippen LogP contribution in [0.2, 0.25) is 0 Å². The highest BCUT2D eigenvalue weighted by Crippen LogP contribution is 2.33. The average Bonchev–Trinajstić information content (AvgIpc) is 2.45. The van der Waals surface area contributed by atoms with E-state index in [0.29, 0.717) is 16.6 Å². The highest BCUT2D eigenvalue weighted by atomic mass is 19.4. The van der Waals surface area contributed by atoms with Crippen LogP contribution >= 0.6 is 0 Å². The Balaban J connectivity index is 2.79. The number of benzene rings is 1. The lowest BCUT2D eigenvalue weighted by molar-refractivity contribution is -0.137. The first-order valence-corrected chi connectivity index (χ1v) is 7.48. The summed E-state index contributed by atoms with van der Waals surface area (Å²) in [6, 6.07) is 3.33. The number of rotatable bonds is 3. The molecule has 0 aliphatic heterocycles. The first-order valence-electron chi connectivity index (χ1n) is 7.48. The van der Waals surface area contributed by atoms with Crippen LogP contribution in [0.15, 0.2) is 23.8 Å². The molecule has 1 aromatic carbocycles. The van der Waals surface area contributed by atoms with E-state index in [1.807, 2.05) is 13.8 Å². The molecule has 1 heterocycles. The molecule has 0 aliphatic rings. The molecule has 0 saturated carbocycles. The third-order valence-corrected chi connectivity index (χ3v) is 3.51. The van der Waals surface area contributed by atoms with Crippen LogP contribution in [0.3, 0.4) is 0 Å². The van der Waals surface area contributed by atoms with Crippen molar-refractivity contribution in [2.75, 3.05) is 6.61 Å². The van der Waals surface area contributed by atoms with Gasteiger partial charge in [-0.2, -0.15) is 13.2 Å². The number of nitrogens with zero attached hydrogens (tertiary/aromatic N) is 1.